The van der Waals surface area contributed by atoms with Gasteiger partial charge in [0.2, 0.25) is 0 Å². The van der Waals surface area contributed by atoms with E-state index in [1.165, 1.54) is 38.5 Å². The van der Waals surface area contributed by atoms with Crippen LogP contribution in [0.2, 0.25) is 0 Å². The van der Waals surface area contributed by atoms with Crippen molar-refractivity contribution in [3.8, 4) is 0 Å². The van der Waals surface area contributed by atoms with Crippen molar-refractivity contribution < 1.29 is 23.7 Å². The molecule has 8 heteroatoms. The largest absolute Gasteiger partial charge is 0.379 e. The van der Waals surface area contributed by atoms with Gasteiger partial charge < -0.3 is 40.9 Å². The molecule has 0 aromatic heterocycles. The molecule has 0 amide bonds. The van der Waals surface area contributed by atoms with E-state index in [0.29, 0.717) is 59.3 Å². The van der Waals surface area contributed by atoms with E-state index < -0.39 is 0 Å². The van der Waals surface area contributed by atoms with Crippen LogP contribution in [0.1, 0.15) is 78.6 Å². The van der Waals surface area contributed by atoms with E-state index in [9.17, 15) is 0 Å². The summed E-state index contributed by atoms with van der Waals surface area (Å²) in [5, 5.41) is 0. The molecule has 33 heavy (non-hydrogen) atoms. The van der Waals surface area contributed by atoms with Gasteiger partial charge >= 0.3 is 0 Å². The zero-order valence-electron chi connectivity index (χ0n) is 22.3. The molecular weight excluding hydrogens is 422 g/mol. The predicted molar refractivity (Wildman–Crippen MR) is 140 cm³/mol. The smallest absolute Gasteiger partial charge is 0.0701 e. The lowest BCUT2D eigenvalue weighted by atomic mass is 10.2. The van der Waals surface area contributed by atoms with Crippen molar-refractivity contribution in [2.45, 2.75) is 78.6 Å². The van der Waals surface area contributed by atoms with Crippen LogP contribution in [0.15, 0.2) is 0 Å². The average molecular weight is 482 g/mol. The van der Waals surface area contributed by atoms with Crippen LogP contribution in [0.5, 0.6) is 0 Å². The SMILES string of the molecule is CCCCCCCN.CCCCOCCOCCOCCCN.CCCOCCOCCN. The van der Waals surface area contributed by atoms with Gasteiger partial charge in [-0.05, 0) is 38.8 Å². The van der Waals surface area contributed by atoms with Crippen LogP contribution >= 0.6 is 0 Å². The lowest BCUT2D eigenvalue weighted by molar-refractivity contribution is 0.0139. The van der Waals surface area contributed by atoms with E-state index >= 15 is 0 Å². The zero-order valence-corrected chi connectivity index (χ0v) is 22.3. The van der Waals surface area contributed by atoms with Gasteiger partial charge in [-0.15, -0.1) is 0 Å². The summed E-state index contributed by atoms with van der Waals surface area (Å²) in [5.41, 5.74) is 15.8. The molecule has 0 radical (unpaired) electrons. The van der Waals surface area contributed by atoms with Gasteiger partial charge in [0.05, 0.1) is 46.2 Å². The first kappa shape index (κ1) is 37.2. The van der Waals surface area contributed by atoms with Gasteiger partial charge in [-0.25, -0.2) is 0 Å². The molecule has 8 nitrogen and oxygen atoms in total. The molecule has 0 fully saturated rings. The Bertz CT molecular complexity index is 265. The first-order valence-corrected chi connectivity index (χ1v) is 13.2. The second-order valence-corrected chi connectivity index (χ2v) is 7.55. The molecule has 0 aromatic rings. The molecule has 0 bridgehead atoms. The third-order valence-corrected chi connectivity index (χ3v) is 4.17. The Morgan fingerprint density at radius 3 is 1.21 bits per heavy atom. The summed E-state index contributed by atoms with van der Waals surface area (Å²) in [6.45, 7) is 15.6. The Morgan fingerprint density at radius 1 is 0.333 bits per heavy atom. The highest BCUT2D eigenvalue weighted by Gasteiger charge is 1.91. The minimum atomic E-state index is 0.591. The van der Waals surface area contributed by atoms with E-state index in [2.05, 4.69) is 20.8 Å². The lowest BCUT2D eigenvalue weighted by Crippen LogP contribution is -2.12. The molecule has 0 unspecified atom stereocenters. The topological polar surface area (TPSA) is 124 Å². The average Bonchev–Trinajstić information content (AvgIpc) is 2.83. The fourth-order valence-electron chi connectivity index (χ4n) is 2.27. The summed E-state index contributed by atoms with van der Waals surface area (Å²) in [7, 11) is 0. The highest BCUT2D eigenvalue weighted by atomic mass is 16.5. The van der Waals surface area contributed by atoms with Crippen LogP contribution in [0.4, 0.5) is 0 Å². The van der Waals surface area contributed by atoms with Crippen LogP contribution in [0, 0.1) is 0 Å². The maximum atomic E-state index is 5.34. The van der Waals surface area contributed by atoms with Gasteiger partial charge in [-0.1, -0.05) is 52.9 Å². The second-order valence-electron chi connectivity index (χ2n) is 7.55. The summed E-state index contributed by atoms with van der Waals surface area (Å²) in [5.74, 6) is 0. The molecule has 0 saturated heterocycles. The zero-order chi connectivity index (χ0) is 25.1. The van der Waals surface area contributed by atoms with Crippen LogP contribution in [-0.4, -0.2) is 85.7 Å². The fourth-order valence-corrected chi connectivity index (χ4v) is 2.27. The fraction of sp³-hybridized carbons (Fsp3) is 1.00. The Morgan fingerprint density at radius 2 is 0.758 bits per heavy atom. The number of unbranched alkanes of at least 4 members (excludes halogenated alkanes) is 5. The van der Waals surface area contributed by atoms with Crippen LogP contribution in [-0.2, 0) is 23.7 Å². The van der Waals surface area contributed by atoms with Crippen molar-refractivity contribution in [1.82, 2.24) is 0 Å². The summed E-state index contributed by atoms with van der Waals surface area (Å²) in [6.07, 6.45) is 10.9. The van der Waals surface area contributed by atoms with Crippen molar-refractivity contribution in [3.63, 3.8) is 0 Å². The molecule has 0 aliphatic rings. The molecule has 204 valence electrons. The minimum Gasteiger partial charge on any atom is -0.379 e. The van der Waals surface area contributed by atoms with E-state index in [1.807, 2.05) is 0 Å². The maximum absolute atomic E-state index is 5.34. The second kappa shape index (κ2) is 41.9. The van der Waals surface area contributed by atoms with Gasteiger partial charge in [0.15, 0.2) is 0 Å². The number of hydrogen-bond acceptors (Lipinski definition) is 8. The minimum absolute atomic E-state index is 0.591. The van der Waals surface area contributed by atoms with Gasteiger partial charge in [-0.3, -0.25) is 0 Å². The van der Waals surface area contributed by atoms with Gasteiger partial charge in [0, 0.05) is 26.4 Å². The van der Waals surface area contributed by atoms with E-state index in [4.69, 9.17) is 40.9 Å². The molecule has 0 atom stereocenters. The predicted octanol–water partition coefficient (Wildman–Crippen LogP) is 3.49. The molecule has 6 N–H and O–H groups in total. The highest BCUT2D eigenvalue weighted by molar-refractivity contribution is 4.41. The summed E-state index contributed by atoms with van der Waals surface area (Å²) in [4.78, 5) is 0. The first-order chi connectivity index (χ1) is 16.2. The monoisotopic (exact) mass is 481 g/mol. The first-order valence-electron chi connectivity index (χ1n) is 13.2. The highest BCUT2D eigenvalue weighted by Crippen LogP contribution is 2.00. The van der Waals surface area contributed by atoms with Crippen LogP contribution in [0.25, 0.3) is 0 Å². The number of hydrogen-bond donors (Lipinski definition) is 3. The van der Waals surface area contributed by atoms with Crippen molar-refractivity contribution in [2.75, 3.05) is 85.7 Å². The summed E-state index contributed by atoms with van der Waals surface area (Å²) in [6, 6.07) is 0. The number of rotatable bonds is 24. The van der Waals surface area contributed by atoms with Gasteiger partial charge in [-0.2, -0.15) is 0 Å². The van der Waals surface area contributed by atoms with Crippen LogP contribution in [0.3, 0.4) is 0 Å². The normalized spacial score (nSPS) is 10.4. The molecule has 0 aliphatic heterocycles. The molecule has 0 aliphatic carbocycles. The Kier molecular flexibility index (Phi) is 47.3. The van der Waals surface area contributed by atoms with Crippen LogP contribution < -0.4 is 17.2 Å². The molecule has 0 spiro atoms. The van der Waals surface area contributed by atoms with Crippen molar-refractivity contribution in [3.05, 3.63) is 0 Å². The molecular formula is C25H59N3O5. The third kappa shape index (κ3) is 49.8. The summed E-state index contributed by atoms with van der Waals surface area (Å²) >= 11 is 0. The van der Waals surface area contributed by atoms with Crippen molar-refractivity contribution in [2.24, 2.45) is 17.2 Å². The van der Waals surface area contributed by atoms with Gasteiger partial charge in [0.1, 0.15) is 0 Å². The Hall–Kier alpha value is -0.320. The Balaban J connectivity index is -0.000000435. The van der Waals surface area contributed by atoms with E-state index in [1.54, 1.807) is 0 Å². The van der Waals surface area contributed by atoms with E-state index in [-0.39, 0.29) is 0 Å². The quantitative estimate of drug-likeness (QED) is 0.179. The number of nitrogens with two attached hydrogens (primary N) is 3. The molecule has 0 saturated carbocycles. The van der Waals surface area contributed by atoms with Crippen molar-refractivity contribution in [1.29, 1.82) is 0 Å². The molecule has 0 aromatic carbocycles. The number of ether oxygens (including phenoxy) is 5. The maximum Gasteiger partial charge on any atom is 0.0701 e. The molecule has 0 rings (SSSR count). The standard InChI is InChI=1S/C11H25NO3.C7H17NO2.C7H17N/c1-2-3-6-13-8-10-15-11-9-14-7-4-5-12;1-2-4-9-6-7-10-5-3-8;1-2-3-4-5-6-7-8/h2-12H2,1H3;2-8H2,1H3;2-8H2,1H3. The van der Waals surface area contributed by atoms with Crippen molar-refractivity contribution >= 4 is 0 Å². The third-order valence-electron chi connectivity index (χ3n) is 4.17. The lowest BCUT2D eigenvalue weighted by Gasteiger charge is -2.06. The molecule has 0 heterocycles. The van der Waals surface area contributed by atoms with Gasteiger partial charge in [0.25, 0.3) is 0 Å². The summed E-state index contributed by atoms with van der Waals surface area (Å²) < 4.78 is 26.2. The van der Waals surface area contributed by atoms with E-state index in [0.717, 1.165) is 45.6 Å². The Labute approximate surface area is 205 Å².